The second-order valence-corrected chi connectivity index (χ2v) is 8.88. The molecule has 2 unspecified atom stereocenters. The molecule has 0 bridgehead atoms. The number of carbonyl (C=O) groups is 1. The number of nitrogens with one attached hydrogen (secondary N) is 1. The molecule has 1 fully saturated rings. The lowest BCUT2D eigenvalue weighted by molar-refractivity contribution is 0.0600. The molecule has 36 heavy (non-hydrogen) atoms. The topological polar surface area (TPSA) is 76.8 Å². The molecule has 9 heteroatoms. The van der Waals surface area contributed by atoms with Crippen molar-refractivity contribution in [3.05, 3.63) is 101 Å². The van der Waals surface area contributed by atoms with E-state index in [0.29, 0.717) is 33.0 Å². The highest BCUT2D eigenvalue weighted by atomic mass is 35.5. The number of rotatable bonds is 6. The van der Waals surface area contributed by atoms with E-state index < -0.39 is 0 Å². The number of carbonyl (C=O) groups excluding carboxylic acids is 1. The molecular weight excluding hydrogens is 498 g/mol. The maximum absolute atomic E-state index is 11.8. The first kappa shape index (κ1) is 23.8. The Morgan fingerprint density at radius 2 is 1.89 bits per heavy atom. The van der Waals surface area contributed by atoms with Crippen LogP contribution >= 0.6 is 23.8 Å². The number of methoxy groups -OCH3 is 2. The molecule has 0 saturated carbocycles. The molecule has 7 nitrogen and oxygen atoms in total. The Labute approximate surface area is 218 Å². The fourth-order valence-corrected chi connectivity index (χ4v) is 4.88. The minimum absolute atomic E-state index is 0.264. The van der Waals surface area contributed by atoms with E-state index in [1.54, 1.807) is 25.4 Å². The van der Waals surface area contributed by atoms with Crippen molar-refractivity contribution in [2.75, 3.05) is 19.1 Å². The average Bonchev–Trinajstić information content (AvgIpc) is 3.53. The van der Waals surface area contributed by atoms with Gasteiger partial charge in [-0.3, -0.25) is 4.98 Å². The molecule has 0 aliphatic carbocycles. The van der Waals surface area contributed by atoms with Gasteiger partial charge in [0.25, 0.3) is 0 Å². The van der Waals surface area contributed by atoms with Crippen molar-refractivity contribution in [1.82, 2.24) is 10.3 Å². The minimum atomic E-state index is -0.390. The molecule has 2 atom stereocenters. The first-order valence-corrected chi connectivity index (χ1v) is 11.9. The average molecular weight is 520 g/mol. The Morgan fingerprint density at radius 1 is 1.08 bits per heavy atom. The van der Waals surface area contributed by atoms with Crippen molar-refractivity contribution >= 4 is 40.6 Å². The molecule has 0 radical (unpaired) electrons. The highest BCUT2D eigenvalue weighted by molar-refractivity contribution is 7.80. The van der Waals surface area contributed by atoms with Crippen LogP contribution in [0.5, 0.6) is 5.75 Å². The second-order valence-electron chi connectivity index (χ2n) is 8.09. The van der Waals surface area contributed by atoms with Crippen LogP contribution in [0.2, 0.25) is 5.02 Å². The van der Waals surface area contributed by atoms with E-state index in [9.17, 15) is 4.79 Å². The van der Waals surface area contributed by atoms with Crippen LogP contribution in [-0.4, -0.2) is 30.3 Å². The third-order valence-electron chi connectivity index (χ3n) is 6.02. The van der Waals surface area contributed by atoms with Crippen LogP contribution in [0, 0.1) is 0 Å². The number of hydrogen-bond acceptors (Lipinski definition) is 6. The van der Waals surface area contributed by atoms with Crippen molar-refractivity contribution in [3.63, 3.8) is 0 Å². The Balaban J connectivity index is 1.55. The first-order valence-electron chi connectivity index (χ1n) is 11.1. The van der Waals surface area contributed by atoms with Gasteiger partial charge < -0.3 is 24.1 Å². The molecule has 0 spiro atoms. The summed E-state index contributed by atoms with van der Waals surface area (Å²) in [4.78, 5) is 18.3. The molecule has 3 heterocycles. The van der Waals surface area contributed by atoms with Gasteiger partial charge in [-0.15, -0.1) is 0 Å². The number of nitrogens with zero attached hydrogens (tertiary/aromatic N) is 2. The summed E-state index contributed by atoms with van der Waals surface area (Å²) in [6.45, 7) is 0. The summed E-state index contributed by atoms with van der Waals surface area (Å²) in [5, 5.41) is 4.40. The number of benzene rings is 2. The van der Waals surface area contributed by atoms with Gasteiger partial charge in [0.2, 0.25) is 0 Å². The minimum Gasteiger partial charge on any atom is -0.495 e. The van der Waals surface area contributed by atoms with Gasteiger partial charge in [-0.1, -0.05) is 29.8 Å². The number of halogens is 1. The smallest absolute Gasteiger partial charge is 0.337 e. The van der Waals surface area contributed by atoms with E-state index in [1.807, 2.05) is 65.6 Å². The normalized spacial score (nSPS) is 17.1. The van der Waals surface area contributed by atoms with Crippen molar-refractivity contribution in [2.24, 2.45) is 0 Å². The molecule has 5 rings (SSSR count). The molecule has 1 aliphatic heterocycles. The Hall–Kier alpha value is -3.88. The van der Waals surface area contributed by atoms with E-state index in [1.165, 1.54) is 7.11 Å². The largest absolute Gasteiger partial charge is 0.495 e. The lowest BCUT2D eigenvalue weighted by atomic mass is 10.0. The quantitative estimate of drug-likeness (QED) is 0.247. The van der Waals surface area contributed by atoms with Crippen LogP contribution in [0.15, 0.2) is 83.4 Å². The zero-order valence-electron chi connectivity index (χ0n) is 19.5. The first-order chi connectivity index (χ1) is 17.5. The molecule has 0 amide bonds. The Kier molecular flexibility index (Phi) is 6.63. The monoisotopic (exact) mass is 519 g/mol. The lowest BCUT2D eigenvalue weighted by Gasteiger charge is -2.26. The van der Waals surface area contributed by atoms with Crippen molar-refractivity contribution < 1.29 is 18.7 Å². The number of thiocarbonyl (C=S) groups is 1. The van der Waals surface area contributed by atoms with Crippen molar-refractivity contribution in [3.8, 4) is 17.1 Å². The van der Waals surface area contributed by atoms with Crippen LogP contribution in [0.4, 0.5) is 5.69 Å². The standard InChI is InChI=1S/C27H22ClN3O4S/c1-33-22-11-10-18(15-19(22)28)31-25(24(30-27(31)36)20-5-3-4-14-29-20)23-13-12-21(35-23)16-6-8-17(9-7-16)26(32)34-2/h3-15,24-25H,1-2H3,(H,30,36). The number of anilines is 1. The SMILES string of the molecule is COC(=O)c1ccc(-c2ccc(C3C(c4ccccn4)NC(=S)N3c3ccc(OC)c(Cl)c3)o2)cc1. The van der Waals surface area contributed by atoms with Crippen molar-refractivity contribution in [2.45, 2.75) is 12.1 Å². The summed E-state index contributed by atoms with van der Waals surface area (Å²) in [7, 11) is 2.93. The number of esters is 1. The van der Waals surface area contributed by atoms with Gasteiger partial charge in [0.15, 0.2) is 5.11 Å². The molecule has 2 aromatic carbocycles. The van der Waals surface area contributed by atoms with Crippen LogP contribution in [-0.2, 0) is 4.74 Å². The van der Waals surface area contributed by atoms with Gasteiger partial charge in [-0.25, -0.2) is 4.79 Å². The molecule has 1 saturated heterocycles. The molecule has 4 aromatic rings. The third kappa shape index (κ3) is 4.41. The highest BCUT2D eigenvalue weighted by Crippen LogP contribution is 2.44. The summed E-state index contributed by atoms with van der Waals surface area (Å²) >= 11 is 12.2. The number of hydrogen-bond donors (Lipinski definition) is 1. The number of aromatic nitrogens is 1. The zero-order chi connectivity index (χ0) is 25.2. The number of ether oxygens (including phenoxy) is 2. The number of pyridine rings is 1. The zero-order valence-corrected chi connectivity index (χ0v) is 21.0. The number of furan rings is 1. The van der Waals surface area contributed by atoms with E-state index in [-0.39, 0.29) is 18.1 Å². The second kappa shape index (κ2) is 10.0. The van der Waals surface area contributed by atoms with Crippen LogP contribution in [0.25, 0.3) is 11.3 Å². The van der Waals surface area contributed by atoms with E-state index in [4.69, 9.17) is 37.7 Å². The lowest BCUT2D eigenvalue weighted by Crippen LogP contribution is -2.29. The van der Waals surface area contributed by atoms with Crippen molar-refractivity contribution in [1.29, 1.82) is 0 Å². The summed E-state index contributed by atoms with van der Waals surface area (Å²) in [6, 6.07) is 21.6. The summed E-state index contributed by atoms with van der Waals surface area (Å²) in [5.74, 6) is 1.54. The van der Waals surface area contributed by atoms with Crippen LogP contribution < -0.4 is 15.0 Å². The fraction of sp³-hybridized carbons (Fsp3) is 0.148. The highest BCUT2D eigenvalue weighted by Gasteiger charge is 2.42. The predicted molar refractivity (Wildman–Crippen MR) is 141 cm³/mol. The van der Waals surface area contributed by atoms with Gasteiger partial charge in [0.05, 0.1) is 36.5 Å². The van der Waals surface area contributed by atoms with Crippen LogP contribution in [0.3, 0.4) is 0 Å². The summed E-state index contributed by atoms with van der Waals surface area (Å²) < 4.78 is 16.5. The van der Waals surface area contributed by atoms with Gasteiger partial charge >= 0.3 is 5.97 Å². The third-order valence-corrected chi connectivity index (χ3v) is 6.63. The van der Waals surface area contributed by atoms with E-state index in [0.717, 1.165) is 16.9 Å². The molecular formula is C27H22ClN3O4S. The van der Waals surface area contributed by atoms with Gasteiger partial charge in [0.1, 0.15) is 23.3 Å². The van der Waals surface area contributed by atoms with Gasteiger partial charge in [0, 0.05) is 17.4 Å². The summed E-state index contributed by atoms with van der Waals surface area (Å²) in [6.07, 6.45) is 1.75. The fourth-order valence-electron chi connectivity index (χ4n) is 4.28. The Bertz CT molecular complexity index is 1410. The van der Waals surface area contributed by atoms with Gasteiger partial charge in [-0.05, 0) is 66.8 Å². The van der Waals surface area contributed by atoms with Gasteiger partial charge in [-0.2, -0.15) is 0 Å². The maximum atomic E-state index is 11.8. The predicted octanol–water partition coefficient (Wildman–Crippen LogP) is 5.97. The Morgan fingerprint density at radius 3 is 2.56 bits per heavy atom. The molecule has 1 N–H and O–H groups in total. The maximum Gasteiger partial charge on any atom is 0.337 e. The van der Waals surface area contributed by atoms with E-state index >= 15 is 0 Å². The molecule has 182 valence electrons. The molecule has 1 aliphatic rings. The van der Waals surface area contributed by atoms with E-state index in [2.05, 4.69) is 10.3 Å². The summed E-state index contributed by atoms with van der Waals surface area (Å²) in [5.41, 5.74) is 2.92. The molecule has 2 aromatic heterocycles. The van der Waals surface area contributed by atoms with Crippen LogP contribution in [0.1, 0.15) is 33.9 Å².